The summed E-state index contributed by atoms with van der Waals surface area (Å²) in [7, 11) is 2.90. The topological polar surface area (TPSA) is 86.3 Å². The molecular formula is C22H17N3O4. The Hall–Kier alpha value is -4.00. The Kier molecular flexibility index (Phi) is 4.78. The molecule has 0 aliphatic heterocycles. The molecule has 0 saturated heterocycles. The SMILES string of the molecule is COc1cc(/C=N\N=C2c3ccccc3-c3ccccc32)c([N+](=O)[O-])cc1OC. The van der Waals surface area contributed by atoms with Crippen LogP contribution in [0.4, 0.5) is 5.69 Å². The smallest absolute Gasteiger partial charge is 0.282 e. The van der Waals surface area contributed by atoms with Crippen LogP contribution in [0.3, 0.4) is 0 Å². The van der Waals surface area contributed by atoms with Crippen molar-refractivity contribution in [3.8, 4) is 22.6 Å². The first-order valence-electron chi connectivity index (χ1n) is 8.84. The first kappa shape index (κ1) is 18.4. The summed E-state index contributed by atoms with van der Waals surface area (Å²) < 4.78 is 10.4. The van der Waals surface area contributed by atoms with Crippen molar-refractivity contribution < 1.29 is 14.4 Å². The maximum atomic E-state index is 11.4. The van der Waals surface area contributed by atoms with E-state index in [4.69, 9.17) is 9.47 Å². The average molecular weight is 387 g/mol. The molecule has 3 aromatic carbocycles. The molecule has 0 saturated carbocycles. The van der Waals surface area contributed by atoms with Gasteiger partial charge in [0.25, 0.3) is 5.69 Å². The molecule has 29 heavy (non-hydrogen) atoms. The Morgan fingerprint density at radius 1 is 0.862 bits per heavy atom. The van der Waals surface area contributed by atoms with E-state index in [1.807, 2.05) is 48.5 Å². The second-order valence-electron chi connectivity index (χ2n) is 6.31. The van der Waals surface area contributed by atoms with E-state index in [1.54, 1.807) is 0 Å². The van der Waals surface area contributed by atoms with E-state index in [9.17, 15) is 10.1 Å². The molecule has 0 bridgehead atoms. The molecular weight excluding hydrogens is 370 g/mol. The zero-order valence-corrected chi connectivity index (χ0v) is 15.8. The summed E-state index contributed by atoms with van der Waals surface area (Å²) in [4.78, 5) is 11.0. The van der Waals surface area contributed by atoms with Crippen molar-refractivity contribution in [2.45, 2.75) is 0 Å². The average Bonchev–Trinajstić information content (AvgIpc) is 3.07. The maximum Gasteiger partial charge on any atom is 0.282 e. The van der Waals surface area contributed by atoms with Gasteiger partial charge in [-0.05, 0) is 17.2 Å². The van der Waals surface area contributed by atoms with E-state index >= 15 is 0 Å². The normalized spacial score (nSPS) is 11.9. The monoisotopic (exact) mass is 387 g/mol. The third-order valence-corrected chi connectivity index (χ3v) is 4.74. The zero-order valence-electron chi connectivity index (χ0n) is 15.8. The Balaban J connectivity index is 1.78. The molecule has 7 heteroatoms. The number of rotatable bonds is 5. The van der Waals surface area contributed by atoms with Crippen LogP contribution >= 0.6 is 0 Å². The lowest BCUT2D eigenvalue weighted by Crippen LogP contribution is -1.99. The molecule has 7 nitrogen and oxygen atoms in total. The van der Waals surface area contributed by atoms with Gasteiger partial charge in [-0.1, -0.05) is 48.5 Å². The van der Waals surface area contributed by atoms with Crippen molar-refractivity contribution in [1.29, 1.82) is 0 Å². The lowest BCUT2D eigenvalue weighted by molar-refractivity contribution is -0.385. The van der Waals surface area contributed by atoms with Crippen LogP contribution in [-0.2, 0) is 0 Å². The van der Waals surface area contributed by atoms with Gasteiger partial charge in [0.1, 0.15) is 5.71 Å². The van der Waals surface area contributed by atoms with Crippen molar-refractivity contribution in [3.05, 3.63) is 87.5 Å². The number of methoxy groups -OCH3 is 2. The maximum absolute atomic E-state index is 11.4. The van der Waals surface area contributed by atoms with Crippen LogP contribution in [0.1, 0.15) is 16.7 Å². The van der Waals surface area contributed by atoms with E-state index in [-0.39, 0.29) is 17.0 Å². The third kappa shape index (κ3) is 3.23. The largest absolute Gasteiger partial charge is 0.493 e. The first-order valence-corrected chi connectivity index (χ1v) is 8.84. The van der Waals surface area contributed by atoms with Gasteiger partial charge in [-0.15, -0.1) is 5.10 Å². The highest BCUT2D eigenvalue weighted by Crippen LogP contribution is 2.37. The third-order valence-electron chi connectivity index (χ3n) is 4.74. The summed E-state index contributed by atoms with van der Waals surface area (Å²) in [6.07, 6.45) is 1.36. The number of hydrogen-bond acceptors (Lipinski definition) is 6. The highest BCUT2D eigenvalue weighted by atomic mass is 16.6. The fraction of sp³-hybridized carbons (Fsp3) is 0.0909. The predicted octanol–water partition coefficient (Wildman–Crippen LogP) is 4.46. The van der Waals surface area contributed by atoms with Crippen LogP contribution in [0.2, 0.25) is 0 Å². The van der Waals surface area contributed by atoms with E-state index in [2.05, 4.69) is 10.2 Å². The summed E-state index contributed by atoms with van der Waals surface area (Å²) in [6, 6.07) is 18.7. The Morgan fingerprint density at radius 2 is 1.38 bits per heavy atom. The fourth-order valence-corrected chi connectivity index (χ4v) is 3.40. The number of ether oxygens (including phenoxy) is 2. The highest BCUT2D eigenvalue weighted by Gasteiger charge is 2.24. The minimum Gasteiger partial charge on any atom is -0.493 e. The van der Waals surface area contributed by atoms with Gasteiger partial charge in [0.2, 0.25) is 0 Å². The van der Waals surface area contributed by atoms with Gasteiger partial charge in [-0.2, -0.15) is 5.10 Å². The second kappa shape index (κ2) is 7.55. The number of benzene rings is 3. The standard InChI is InChI=1S/C22H17N3O4/c1-28-20-11-14(19(25(26)27)12-21(20)29-2)13-23-24-22-17-9-5-3-7-15(17)16-8-4-6-10-18(16)22/h3-13H,1-2H3/b23-13-. The van der Waals surface area contributed by atoms with E-state index < -0.39 is 4.92 Å². The van der Waals surface area contributed by atoms with Gasteiger partial charge in [0.15, 0.2) is 11.5 Å². The molecule has 3 aromatic rings. The predicted molar refractivity (Wildman–Crippen MR) is 111 cm³/mol. The fourth-order valence-electron chi connectivity index (χ4n) is 3.40. The number of nitro groups is 1. The molecule has 1 aliphatic carbocycles. The number of nitro benzene ring substituents is 1. The number of hydrogen-bond donors (Lipinski definition) is 0. The van der Waals surface area contributed by atoms with Crippen LogP contribution in [0.5, 0.6) is 11.5 Å². The number of nitrogens with zero attached hydrogens (tertiary/aromatic N) is 3. The van der Waals surface area contributed by atoms with Crippen molar-refractivity contribution in [1.82, 2.24) is 0 Å². The van der Waals surface area contributed by atoms with Crippen molar-refractivity contribution in [3.63, 3.8) is 0 Å². The van der Waals surface area contributed by atoms with Gasteiger partial charge in [-0.25, -0.2) is 0 Å². The molecule has 144 valence electrons. The van der Waals surface area contributed by atoms with Gasteiger partial charge in [0, 0.05) is 11.1 Å². The zero-order chi connectivity index (χ0) is 20.4. The molecule has 4 rings (SSSR count). The molecule has 0 heterocycles. The molecule has 0 atom stereocenters. The van der Waals surface area contributed by atoms with Gasteiger partial charge < -0.3 is 9.47 Å². The van der Waals surface area contributed by atoms with E-state index in [1.165, 1.54) is 32.6 Å². The Labute approximate surface area is 167 Å². The Bertz CT molecular complexity index is 1120. The summed E-state index contributed by atoms with van der Waals surface area (Å²) >= 11 is 0. The van der Waals surface area contributed by atoms with E-state index in [0.29, 0.717) is 5.75 Å². The summed E-state index contributed by atoms with van der Waals surface area (Å²) in [5.74, 6) is 0.657. The second-order valence-corrected chi connectivity index (χ2v) is 6.31. The molecule has 0 N–H and O–H groups in total. The van der Waals surface area contributed by atoms with Crippen molar-refractivity contribution in [2.75, 3.05) is 14.2 Å². The summed E-state index contributed by atoms with van der Waals surface area (Å²) in [6.45, 7) is 0. The quantitative estimate of drug-likeness (QED) is 0.287. The molecule has 0 radical (unpaired) electrons. The van der Waals surface area contributed by atoms with Gasteiger partial charge in [-0.3, -0.25) is 10.1 Å². The van der Waals surface area contributed by atoms with E-state index in [0.717, 1.165) is 28.0 Å². The molecule has 1 aliphatic rings. The van der Waals surface area contributed by atoms with Gasteiger partial charge in [0.05, 0.1) is 37.0 Å². The highest BCUT2D eigenvalue weighted by molar-refractivity contribution is 6.24. The lowest BCUT2D eigenvalue weighted by Gasteiger charge is -2.08. The summed E-state index contributed by atoms with van der Waals surface area (Å²) in [5.41, 5.74) is 5.01. The first-order chi connectivity index (χ1) is 14.1. The molecule has 0 unspecified atom stereocenters. The Morgan fingerprint density at radius 3 is 1.90 bits per heavy atom. The minimum atomic E-state index is -0.489. The molecule has 0 spiro atoms. The van der Waals surface area contributed by atoms with Crippen LogP contribution < -0.4 is 9.47 Å². The lowest BCUT2D eigenvalue weighted by atomic mass is 10.1. The van der Waals surface area contributed by atoms with Crippen LogP contribution in [-0.4, -0.2) is 31.1 Å². The van der Waals surface area contributed by atoms with Crippen LogP contribution in [0, 0.1) is 10.1 Å². The molecule has 0 amide bonds. The van der Waals surface area contributed by atoms with Crippen LogP contribution in [0.25, 0.3) is 11.1 Å². The van der Waals surface area contributed by atoms with Crippen molar-refractivity contribution in [2.24, 2.45) is 10.2 Å². The minimum absolute atomic E-state index is 0.140. The molecule has 0 fully saturated rings. The number of fused-ring (bicyclic) bond motifs is 3. The van der Waals surface area contributed by atoms with Crippen molar-refractivity contribution >= 4 is 17.6 Å². The van der Waals surface area contributed by atoms with Gasteiger partial charge >= 0.3 is 0 Å². The summed E-state index contributed by atoms with van der Waals surface area (Å²) in [5, 5.41) is 20.0. The van der Waals surface area contributed by atoms with Crippen LogP contribution in [0.15, 0.2) is 70.9 Å². The molecule has 0 aromatic heterocycles.